The van der Waals surface area contributed by atoms with Crippen LogP contribution in [0.2, 0.25) is 0 Å². The number of likely N-dealkylation sites (tertiary alicyclic amines) is 1. The van der Waals surface area contributed by atoms with Crippen molar-refractivity contribution in [1.82, 2.24) is 4.90 Å². The van der Waals surface area contributed by atoms with E-state index in [4.69, 9.17) is 4.74 Å². The first kappa shape index (κ1) is 20.5. The van der Waals surface area contributed by atoms with Crippen molar-refractivity contribution in [2.75, 3.05) is 25.5 Å². The van der Waals surface area contributed by atoms with Crippen molar-refractivity contribution in [3.63, 3.8) is 0 Å². The third kappa shape index (κ3) is 3.70. The zero-order chi connectivity index (χ0) is 21.3. The standard InChI is InChI=1S/C23H23FN2O3S/c1-14-7-5-9-17(19(14)23(28)26-11-3-4-12-26)25-22(27)21-15(13-29-2)20-16(24)8-6-10-18(20)30-21/h5-10H,3-4,11-13H2,1-2H3,(H,25,27). The molecule has 4 rings (SSSR count). The molecule has 2 heterocycles. The lowest BCUT2D eigenvalue weighted by atomic mass is 10.0. The molecule has 0 radical (unpaired) electrons. The third-order valence-corrected chi connectivity index (χ3v) is 6.58. The Morgan fingerprint density at radius 3 is 2.63 bits per heavy atom. The van der Waals surface area contributed by atoms with E-state index in [1.807, 2.05) is 24.0 Å². The molecule has 156 valence electrons. The zero-order valence-corrected chi connectivity index (χ0v) is 17.8. The maximum Gasteiger partial charge on any atom is 0.266 e. The van der Waals surface area contributed by atoms with Crippen LogP contribution in [0.4, 0.5) is 10.1 Å². The number of carbonyl (C=O) groups excluding carboxylic acids is 2. The van der Waals surface area contributed by atoms with E-state index in [1.54, 1.807) is 18.2 Å². The van der Waals surface area contributed by atoms with Crippen LogP contribution < -0.4 is 5.32 Å². The van der Waals surface area contributed by atoms with E-state index < -0.39 is 0 Å². The van der Waals surface area contributed by atoms with Gasteiger partial charge in [-0.1, -0.05) is 18.2 Å². The van der Waals surface area contributed by atoms with E-state index in [0.29, 0.717) is 31.8 Å². The normalized spacial score (nSPS) is 13.8. The molecule has 1 aliphatic rings. The van der Waals surface area contributed by atoms with E-state index in [9.17, 15) is 14.0 Å². The molecule has 0 aliphatic carbocycles. The first-order chi connectivity index (χ1) is 14.5. The van der Waals surface area contributed by atoms with Crippen LogP contribution in [0.1, 0.15) is 44.0 Å². The van der Waals surface area contributed by atoms with Gasteiger partial charge < -0.3 is 15.0 Å². The molecule has 7 heteroatoms. The molecule has 2 amide bonds. The van der Waals surface area contributed by atoms with Crippen molar-refractivity contribution in [3.8, 4) is 0 Å². The number of nitrogens with one attached hydrogen (secondary N) is 1. The summed E-state index contributed by atoms with van der Waals surface area (Å²) in [6.07, 6.45) is 1.99. The SMILES string of the molecule is COCc1c(C(=O)Nc2cccc(C)c2C(=O)N2CCCC2)sc2cccc(F)c12. The first-order valence-corrected chi connectivity index (χ1v) is 10.7. The largest absolute Gasteiger partial charge is 0.380 e. The van der Waals surface area contributed by atoms with Crippen LogP contribution in [0.5, 0.6) is 0 Å². The van der Waals surface area contributed by atoms with Crippen LogP contribution in [-0.4, -0.2) is 36.9 Å². The molecule has 0 unspecified atom stereocenters. The van der Waals surface area contributed by atoms with Crippen molar-refractivity contribution < 1.29 is 18.7 Å². The molecule has 1 aromatic heterocycles. The lowest BCUT2D eigenvalue weighted by Gasteiger charge is -2.19. The number of nitrogens with zero attached hydrogens (tertiary/aromatic N) is 1. The summed E-state index contributed by atoms with van der Waals surface area (Å²) in [5, 5.41) is 3.31. The second-order valence-corrected chi connectivity index (χ2v) is 8.46. The lowest BCUT2D eigenvalue weighted by molar-refractivity contribution is 0.0793. The summed E-state index contributed by atoms with van der Waals surface area (Å²) in [6.45, 7) is 3.45. The van der Waals surface area contributed by atoms with E-state index in [-0.39, 0.29) is 24.2 Å². The number of hydrogen-bond donors (Lipinski definition) is 1. The number of rotatable bonds is 5. The van der Waals surface area contributed by atoms with E-state index in [2.05, 4.69) is 5.32 Å². The Kier molecular flexibility index (Phi) is 5.83. The Hall–Kier alpha value is -2.77. The molecule has 2 aromatic carbocycles. The number of halogens is 1. The number of anilines is 1. The number of ether oxygens (including phenoxy) is 1. The number of methoxy groups -OCH3 is 1. The Morgan fingerprint density at radius 2 is 1.90 bits per heavy atom. The van der Waals surface area contributed by atoms with Gasteiger partial charge in [0.2, 0.25) is 0 Å². The van der Waals surface area contributed by atoms with Crippen LogP contribution in [0.3, 0.4) is 0 Å². The molecular formula is C23H23FN2O3S. The summed E-state index contributed by atoms with van der Waals surface area (Å²) < 4.78 is 20.4. The Balaban J connectivity index is 1.72. The van der Waals surface area contributed by atoms with Gasteiger partial charge in [0.05, 0.1) is 22.7 Å². The fraction of sp³-hybridized carbons (Fsp3) is 0.304. The second-order valence-electron chi connectivity index (χ2n) is 7.41. The average Bonchev–Trinajstić information content (AvgIpc) is 3.37. The van der Waals surface area contributed by atoms with Crippen molar-refractivity contribution in [2.45, 2.75) is 26.4 Å². The van der Waals surface area contributed by atoms with Gasteiger partial charge in [-0.15, -0.1) is 11.3 Å². The fourth-order valence-corrected chi connectivity index (χ4v) is 5.06. The lowest BCUT2D eigenvalue weighted by Crippen LogP contribution is -2.29. The Bertz CT molecular complexity index is 1120. The highest BCUT2D eigenvalue weighted by molar-refractivity contribution is 7.21. The van der Waals surface area contributed by atoms with Crippen molar-refractivity contribution in [3.05, 3.63) is 63.8 Å². The zero-order valence-electron chi connectivity index (χ0n) is 17.0. The average molecular weight is 427 g/mol. The molecule has 0 saturated carbocycles. The molecule has 5 nitrogen and oxygen atoms in total. The fourth-order valence-electron chi connectivity index (χ4n) is 3.95. The van der Waals surface area contributed by atoms with Gasteiger partial charge in [-0.25, -0.2) is 4.39 Å². The van der Waals surface area contributed by atoms with Crippen LogP contribution in [0.25, 0.3) is 10.1 Å². The molecule has 30 heavy (non-hydrogen) atoms. The smallest absolute Gasteiger partial charge is 0.266 e. The predicted octanol–water partition coefficient (Wildman–Crippen LogP) is 4.98. The minimum Gasteiger partial charge on any atom is -0.380 e. The Labute approximate surface area is 178 Å². The van der Waals surface area contributed by atoms with Gasteiger partial charge in [0.1, 0.15) is 5.82 Å². The number of aryl methyl sites for hydroxylation is 1. The van der Waals surface area contributed by atoms with Gasteiger partial charge in [-0.3, -0.25) is 9.59 Å². The summed E-state index contributed by atoms with van der Waals surface area (Å²) >= 11 is 1.22. The van der Waals surface area contributed by atoms with Gasteiger partial charge in [0, 0.05) is 35.8 Å². The predicted molar refractivity (Wildman–Crippen MR) is 117 cm³/mol. The molecular weight excluding hydrogens is 403 g/mol. The summed E-state index contributed by atoms with van der Waals surface area (Å²) in [5.74, 6) is -0.820. The van der Waals surface area contributed by atoms with Crippen molar-refractivity contribution in [2.24, 2.45) is 0 Å². The number of benzene rings is 2. The summed E-state index contributed by atoms with van der Waals surface area (Å²) in [6, 6.07) is 10.2. The summed E-state index contributed by atoms with van der Waals surface area (Å²) in [5.41, 5.74) is 2.31. The van der Waals surface area contributed by atoms with Crippen LogP contribution in [-0.2, 0) is 11.3 Å². The minimum atomic E-state index is -0.379. The van der Waals surface area contributed by atoms with Gasteiger partial charge in [0.15, 0.2) is 0 Å². The number of fused-ring (bicyclic) bond motifs is 1. The molecule has 1 aliphatic heterocycles. The van der Waals surface area contributed by atoms with Crippen LogP contribution in [0.15, 0.2) is 36.4 Å². The van der Waals surface area contributed by atoms with Gasteiger partial charge in [-0.2, -0.15) is 0 Å². The molecule has 0 bridgehead atoms. The molecule has 0 atom stereocenters. The number of hydrogen-bond acceptors (Lipinski definition) is 4. The van der Waals surface area contributed by atoms with Crippen molar-refractivity contribution >= 4 is 38.9 Å². The highest BCUT2D eigenvalue weighted by Gasteiger charge is 2.26. The topological polar surface area (TPSA) is 58.6 Å². The highest BCUT2D eigenvalue weighted by atomic mass is 32.1. The maximum atomic E-state index is 14.4. The van der Waals surface area contributed by atoms with Gasteiger partial charge in [-0.05, 0) is 43.5 Å². The van der Waals surface area contributed by atoms with E-state index >= 15 is 0 Å². The molecule has 1 saturated heterocycles. The molecule has 1 fully saturated rings. The van der Waals surface area contributed by atoms with E-state index in [0.717, 1.165) is 31.5 Å². The van der Waals surface area contributed by atoms with E-state index in [1.165, 1.54) is 24.5 Å². The molecule has 3 aromatic rings. The summed E-state index contributed by atoms with van der Waals surface area (Å²) in [7, 11) is 1.51. The molecule has 1 N–H and O–H groups in total. The second kappa shape index (κ2) is 8.53. The molecule has 0 spiro atoms. The Morgan fingerprint density at radius 1 is 1.17 bits per heavy atom. The number of carbonyl (C=O) groups is 2. The number of amides is 2. The van der Waals surface area contributed by atoms with Crippen LogP contribution >= 0.6 is 11.3 Å². The quantitative estimate of drug-likeness (QED) is 0.626. The van der Waals surface area contributed by atoms with Gasteiger partial charge in [0.25, 0.3) is 11.8 Å². The third-order valence-electron chi connectivity index (χ3n) is 5.39. The maximum absolute atomic E-state index is 14.4. The first-order valence-electron chi connectivity index (χ1n) is 9.90. The van der Waals surface area contributed by atoms with Crippen molar-refractivity contribution in [1.29, 1.82) is 0 Å². The van der Waals surface area contributed by atoms with Crippen LogP contribution in [0, 0.1) is 12.7 Å². The minimum absolute atomic E-state index is 0.0691. The monoisotopic (exact) mass is 426 g/mol. The number of thiophene rings is 1. The summed E-state index contributed by atoms with van der Waals surface area (Å²) in [4.78, 5) is 28.5. The highest BCUT2D eigenvalue weighted by Crippen LogP contribution is 2.35. The van der Waals surface area contributed by atoms with Gasteiger partial charge >= 0.3 is 0 Å².